The van der Waals surface area contributed by atoms with Crippen LogP contribution in [0.25, 0.3) is 0 Å². The van der Waals surface area contributed by atoms with Gasteiger partial charge < -0.3 is 10.6 Å². The summed E-state index contributed by atoms with van der Waals surface area (Å²) >= 11 is 0. The third kappa shape index (κ3) is 1.31. The smallest absolute Gasteiger partial charge is 0.225 e. The van der Waals surface area contributed by atoms with Crippen LogP contribution in [0.3, 0.4) is 0 Å². The Kier molecular flexibility index (Phi) is 1.79. The number of aliphatic imine (C=N–C) groups is 1. The number of carbonyl (C=O) groups is 1. The van der Waals surface area contributed by atoms with E-state index < -0.39 is 0 Å². The average molecular weight is 166 g/mol. The largest absolute Gasteiger partial charge is 0.356 e. The van der Waals surface area contributed by atoms with Crippen LogP contribution in [0.5, 0.6) is 0 Å². The third-order valence-corrected chi connectivity index (χ3v) is 1.82. The molecule has 0 aliphatic carbocycles. The van der Waals surface area contributed by atoms with Crippen molar-refractivity contribution in [2.75, 3.05) is 6.54 Å². The van der Waals surface area contributed by atoms with Crippen LogP contribution in [-0.2, 0) is 4.79 Å². The van der Waals surface area contributed by atoms with Gasteiger partial charge in [0.05, 0.1) is 18.2 Å². The molecule has 3 N–H and O–H groups in total. The molecule has 5 nitrogen and oxygen atoms in total. The highest BCUT2D eigenvalue weighted by molar-refractivity contribution is 5.79. The molecule has 0 aromatic rings. The monoisotopic (exact) mass is 166 g/mol. The minimum absolute atomic E-state index is 0.00829. The van der Waals surface area contributed by atoms with E-state index in [1.807, 2.05) is 0 Å². The number of fused-ring (bicyclic) bond motifs is 1. The van der Waals surface area contributed by atoms with Crippen LogP contribution in [0.1, 0.15) is 6.42 Å². The van der Waals surface area contributed by atoms with E-state index in [4.69, 9.17) is 0 Å². The van der Waals surface area contributed by atoms with Crippen molar-refractivity contribution < 1.29 is 4.79 Å². The molecule has 0 radical (unpaired) electrons. The number of rotatable bonds is 0. The van der Waals surface area contributed by atoms with Crippen molar-refractivity contribution >= 4 is 12.2 Å². The Labute approximate surface area is 69.9 Å². The fourth-order valence-electron chi connectivity index (χ4n) is 1.23. The Morgan fingerprint density at radius 1 is 1.58 bits per heavy atom. The summed E-state index contributed by atoms with van der Waals surface area (Å²) in [6, 6.07) is 0. The predicted molar refractivity (Wildman–Crippen MR) is 44.3 cm³/mol. The van der Waals surface area contributed by atoms with E-state index in [1.165, 1.54) is 0 Å². The van der Waals surface area contributed by atoms with Gasteiger partial charge in [-0.25, -0.2) is 4.99 Å². The van der Waals surface area contributed by atoms with Crippen molar-refractivity contribution in [1.82, 2.24) is 16.0 Å². The fraction of sp³-hybridized carbons (Fsp3) is 0.429. The van der Waals surface area contributed by atoms with Gasteiger partial charge in [-0.15, -0.1) is 0 Å². The SMILES string of the molecule is O=C1CCNC2NC=NC=C2N1. The minimum atomic E-state index is 0.00829. The molecule has 0 bridgehead atoms. The van der Waals surface area contributed by atoms with Crippen molar-refractivity contribution in [2.45, 2.75) is 12.6 Å². The lowest BCUT2D eigenvalue weighted by Gasteiger charge is -2.20. The molecule has 2 heterocycles. The highest BCUT2D eigenvalue weighted by atomic mass is 16.1. The summed E-state index contributed by atoms with van der Waals surface area (Å²) in [7, 11) is 0. The Morgan fingerprint density at radius 2 is 2.50 bits per heavy atom. The second-order valence-electron chi connectivity index (χ2n) is 2.71. The van der Waals surface area contributed by atoms with Crippen LogP contribution >= 0.6 is 0 Å². The second kappa shape index (κ2) is 2.94. The first-order valence-corrected chi connectivity index (χ1v) is 3.87. The molecule has 1 saturated heterocycles. The van der Waals surface area contributed by atoms with Gasteiger partial charge in [-0.2, -0.15) is 0 Å². The zero-order valence-electron chi connectivity index (χ0n) is 6.50. The number of hydrogen-bond donors (Lipinski definition) is 3. The summed E-state index contributed by atoms with van der Waals surface area (Å²) in [5.41, 5.74) is 0.792. The van der Waals surface area contributed by atoms with E-state index in [1.54, 1.807) is 12.5 Å². The molecular weight excluding hydrogens is 156 g/mol. The lowest BCUT2D eigenvalue weighted by atomic mass is 10.3. The molecule has 2 aliphatic rings. The van der Waals surface area contributed by atoms with Gasteiger partial charge in [-0.3, -0.25) is 10.1 Å². The Balaban J connectivity index is 2.18. The van der Waals surface area contributed by atoms with Gasteiger partial charge >= 0.3 is 0 Å². The van der Waals surface area contributed by atoms with Crippen LogP contribution in [0.2, 0.25) is 0 Å². The molecule has 1 amide bonds. The topological polar surface area (TPSA) is 65.5 Å². The summed E-state index contributed by atoms with van der Waals surface area (Å²) in [5, 5.41) is 8.92. The van der Waals surface area contributed by atoms with Crippen molar-refractivity contribution in [2.24, 2.45) is 4.99 Å². The standard InChI is InChI=1S/C7H10N4O/c12-6-1-2-9-7-5(11-6)3-8-4-10-7/h3-4,7,9H,1-2H2,(H,8,10)(H,11,12). The third-order valence-electron chi connectivity index (χ3n) is 1.82. The van der Waals surface area contributed by atoms with Gasteiger partial charge in [0.25, 0.3) is 0 Å². The molecule has 12 heavy (non-hydrogen) atoms. The first-order chi connectivity index (χ1) is 5.86. The van der Waals surface area contributed by atoms with Crippen molar-refractivity contribution in [3.8, 4) is 0 Å². The van der Waals surface area contributed by atoms with Gasteiger partial charge in [0, 0.05) is 13.0 Å². The Morgan fingerprint density at radius 3 is 3.42 bits per heavy atom. The van der Waals surface area contributed by atoms with Crippen molar-refractivity contribution in [1.29, 1.82) is 0 Å². The van der Waals surface area contributed by atoms with Crippen molar-refractivity contribution in [3.63, 3.8) is 0 Å². The highest BCUT2D eigenvalue weighted by Crippen LogP contribution is 2.03. The lowest BCUT2D eigenvalue weighted by Crippen LogP contribution is -2.46. The van der Waals surface area contributed by atoms with E-state index in [-0.39, 0.29) is 12.1 Å². The number of nitrogens with one attached hydrogen (secondary N) is 3. The summed E-state index contributed by atoms with van der Waals surface area (Å²) in [5.74, 6) is 0.0372. The zero-order valence-corrected chi connectivity index (χ0v) is 6.50. The summed E-state index contributed by atoms with van der Waals surface area (Å²) in [4.78, 5) is 15.0. The number of carbonyl (C=O) groups excluding carboxylic acids is 1. The highest BCUT2D eigenvalue weighted by Gasteiger charge is 2.20. The minimum Gasteiger partial charge on any atom is -0.356 e. The Bertz CT molecular complexity index is 258. The van der Waals surface area contributed by atoms with Crippen LogP contribution in [0.15, 0.2) is 16.9 Å². The molecule has 5 heteroatoms. The van der Waals surface area contributed by atoms with Crippen molar-refractivity contribution in [3.05, 3.63) is 11.9 Å². The van der Waals surface area contributed by atoms with E-state index >= 15 is 0 Å². The summed E-state index contributed by atoms with van der Waals surface area (Å²) in [6.45, 7) is 0.689. The van der Waals surface area contributed by atoms with E-state index in [0.29, 0.717) is 13.0 Å². The molecular formula is C7H10N4O. The Hall–Kier alpha value is -1.36. The molecule has 1 fully saturated rings. The molecule has 0 spiro atoms. The summed E-state index contributed by atoms with van der Waals surface area (Å²) in [6.07, 6.45) is 3.78. The van der Waals surface area contributed by atoms with Crippen LogP contribution in [0.4, 0.5) is 0 Å². The van der Waals surface area contributed by atoms with Crippen LogP contribution in [0, 0.1) is 0 Å². The molecule has 2 aliphatic heterocycles. The zero-order chi connectivity index (χ0) is 8.39. The lowest BCUT2D eigenvalue weighted by molar-refractivity contribution is -0.120. The number of amides is 1. The molecule has 0 aromatic carbocycles. The quantitative estimate of drug-likeness (QED) is 0.428. The number of nitrogens with zero attached hydrogens (tertiary/aromatic N) is 1. The van der Waals surface area contributed by atoms with Crippen LogP contribution < -0.4 is 16.0 Å². The maximum Gasteiger partial charge on any atom is 0.225 e. The van der Waals surface area contributed by atoms with Gasteiger partial charge in [-0.05, 0) is 0 Å². The van der Waals surface area contributed by atoms with Crippen LogP contribution in [-0.4, -0.2) is 25.0 Å². The molecule has 1 unspecified atom stereocenters. The van der Waals surface area contributed by atoms with Gasteiger partial charge in [0.15, 0.2) is 0 Å². The van der Waals surface area contributed by atoms with E-state index in [2.05, 4.69) is 20.9 Å². The van der Waals surface area contributed by atoms with E-state index in [9.17, 15) is 4.79 Å². The van der Waals surface area contributed by atoms with Gasteiger partial charge in [0.1, 0.15) is 6.17 Å². The second-order valence-corrected chi connectivity index (χ2v) is 2.71. The molecule has 0 saturated carbocycles. The normalized spacial score (nSPS) is 27.8. The maximum absolute atomic E-state index is 11.1. The fourth-order valence-corrected chi connectivity index (χ4v) is 1.23. The first-order valence-electron chi connectivity index (χ1n) is 3.87. The molecule has 1 atom stereocenters. The molecule has 64 valence electrons. The van der Waals surface area contributed by atoms with Gasteiger partial charge in [0.2, 0.25) is 5.91 Å². The van der Waals surface area contributed by atoms with Gasteiger partial charge in [-0.1, -0.05) is 0 Å². The number of hydrogen-bond acceptors (Lipinski definition) is 4. The van der Waals surface area contributed by atoms with E-state index in [0.717, 1.165) is 5.70 Å². The first kappa shape index (κ1) is 7.30. The predicted octanol–water partition coefficient (Wildman–Crippen LogP) is -1.11. The molecule has 2 rings (SSSR count). The average Bonchev–Trinajstić information content (AvgIpc) is 2.25. The maximum atomic E-state index is 11.1. The summed E-state index contributed by atoms with van der Waals surface area (Å²) < 4.78 is 0. The molecule has 0 aromatic heterocycles.